The summed E-state index contributed by atoms with van der Waals surface area (Å²) in [5.41, 5.74) is 0.960. The third-order valence-electron chi connectivity index (χ3n) is 6.06. The molecule has 1 aromatic heterocycles. The zero-order chi connectivity index (χ0) is 23.9. The van der Waals surface area contributed by atoms with Crippen molar-refractivity contribution in [3.63, 3.8) is 0 Å². The smallest absolute Gasteiger partial charge is 0.276 e. The van der Waals surface area contributed by atoms with Crippen molar-refractivity contribution in [2.24, 2.45) is 15.9 Å². The molecule has 2 N–H and O–H groups in total. The summed E-state index contributed by atoms with van der Waals surface area (Å²) in [5.74, 6) is 3.03. The van der Waals surface area contributed by atoms with Crippen molar-refractivity contribution in [2.45, 2.75) is 26.7 Å². The number of aromatic nitrogens is 2. The number of likely N-dealkylation sites (N-methyl/N-ethyl adjacent to an activating group) is 1. The molecule has 9 heteroatoms. The van der Waals surface area contributed by atoms with E-state index in [0.29, 0.717) is 17.3 Å². The Morgan fingerprint density at radius 2 is 1.79 bits per heavy atom. The molecular weight excluding hydrogens is 428 g/mol. The quantitative estimate of drug-likeness (QED) is 0.728. The van der Waals surface area contributed by atoms with Gasteiger partial charge in [0, 0.05) is 44.2 Å². The van der Waals surface area contributed by atoms with Gasteiger partial charge in [0.15, 0.2) is 17.3 Å². The molecule has 0 saturated carbocycles. The van der Waals surface area contributed by atoms with Crippen molar-refractivity contribution in [1.82, 2.24) is 20.0 Å². The monoisotopic (exact) mass is 460 g/mol. The van der Waals surface area contributed by atoms with Gasteiger partial charge in [-0.05, 0) is 50.7 Å². The largest absolute Gasteiger partial charge is 0.357 e. The summed E-state index contributed by atoms with van der Waals surface area (Å²) in [5, 5.41) is 14.4. The zero-order valence-electron chi connectivity index (χ0n) is 20.0. The van der Waals surface area contributed by atoms with Gasteiger partial charge in [0.2, 0.25) is 0 Å². The molecule has 1 unspecified atom stereocenters. The molecule has 2 aliphatic rings. The lowest BCUT2D eigenvalue weighted by atomic mass is 10.0. The fourth-order valence-electron chi connectivity index (χ4n) is 3.87. The molecule has 1 saturated heterocycles. The van der Waals surface area contributed by atoms with Crippen LogP contribution in [0, 0.1) is 5.92 Å². The van der Waals surface area contributed by atoms with E-state index in [1.807, 2.05) is 43.3 Å². The number of amidine groups is 2. The van der Waals surface area contributed by atoms with Crippen LogP contribution >= 0.6 is 0 Å². The molecule has 178 valence electrons. The van der Waals surface area contributed by atoms with Gasteiger partial charge < -0.3 is 20.4 Å². The molecule has 2 aromatic rings. The molecule has 34 heavy (non-hydrogen) atoms. The minimum atomic E-state index is -0.302. The summed E-state index contributed by atoms with van der Waals surface area (Å²) >= 11 is 0. The Kier molecular flexibility index (Phi) is 7.64. The number of benzene rings is 1. The number of hydrogen-bond acceptors (Lipinski definition) is 8. The molecule has 1 amide bonds. The number of anilines is 2. The fourth-order valence-corrected chi connectivity index (χ4v) is 3.87. The summed E-state index contributed by atoms with van der Waals surface area (Å²) in [6.45, 7) is 8.20. The Labute approximate surface area is 200 Å². The Morgan fingerprint density at radius 1 is 1.03 bits per heavy atom. The third-order valence-corrected chi connectivity index (χ3v) is 6.06. The summed E-state index contributed by atoms with van der Waals surface area (Å²) < 4.78 is 0. The molecule has 2 aliphatic heterocycles. The first-order valence-electron chi connectivity index (χ1n) is 11.7. The minimum absolute atomic E-state index is 0.191. The molecule has 0 bridgehead atoms. The highest BCUT2D eigenvalue weighted by molar-refractivity contribution is 6.03. The molecule has 9 nitrogen and oxygen atoms in total. The SMILES string of the molecule is C/C=C1/N=C(Nc2ccc(C(=O)Nc3ccccc3)nn2)C(C)CCC(N2CCN(C)CC2)=N1. The van der Waals surface area contributed by atoms with Crippen LogP contribution in [0.1, 0.15) is 37.2 Å². The summed E-state index contributed by atoms with van der Waals surface area (Å²) in [6, 6.07) is 12.7. The van der Waals surface area contributed by atoms with Gasteiger partial charge in [-0.2, -0.15) is 0 Å². The Morgan fingerprint density at radius 3 is 2.47 bits per heavy atom. The standard InChI is InChI=1S/C25H32N8O/c1-4-21-27-23(33-16-14-32(3)15-17-33)13-10-18(2)24(28-21)29-22-12-11-20(30-31-22)25(34)26-19-8-6-5-7-9-19/h4-9,11-12,18H,10,13-17H2,1-3H3,(H,26,34)(H,28,29,31)/b21-4+,27-23?. The van der Waals surface area contributed by atoms with Crippen molar-refractivity contribution in [3.8, 4) is 0 Å². The maximum Gasteiger partial charge on any atom is 0.276 e. The van der Waals surface area contributed by atoms with Crippen LogP contribution in [0.2, 0.25) is 0 Å². The summed E-state index contributed by atoms with van der Waals surface area (Å²) in [7, 11) is 2.16. The maximum atomic E-state index is 12.4. The van der Waals surface area contributed by atoms with Gasteiger partial charge in [-0.25, -0.2) is 9.98 Å². The highest BCUT2D eigenvalue weighted by atomic mass is 16.1. The van der Waals surface area contributed by atoms with Crippen LogP contribution in [0.25, 0.3) is 0 Å². The number of nitrogens with zero attached hydrogens (tertiary/aromatic N) is 6. The second-order valence-electron chi connectivity index (χ2n) is 8.65. The van der Waals surface area contributed by atoms with E-state index >= 15 is 0 Å². The van der Waals surface area contributed by atoms with Gasteiger partial charge in [-0.3, -0.25) is 4.79 Å². The van der Waals surface area contributed by atoms with Crippen molar-refractivity contribution in [2.75, 3.05) is 43.9 Å². The van der Waals surface area contributed by atoms with E-state index in [1.54, 1.807) is 12.1 Å². The fraction of sp³-hybridized carbons (Fsp3) is 0.400. The predicted octanol–water partition coefficient (Wildman–Crippen LogP) is 3.48. The maximum absolute atomic E-state index is 12.4. The molecule has 4 rings (SSSR count). The van der Waals surface area contributed by atoms with Gasteiger partial charge in [0.25, 0.3) is 5.91 Å². The van der Waals surface area contributed by atoms with Crippen molar-refractivity contribution in [1.29, 1.82) is 0 Å². The number of para-hydroxylation sites is 1. The van der Waals surface area contributed by atoms with E-state index < -0.39 is 0 Å². The van der Waals surface area contributed by atoms with Gasteiger partial charge in [-0.1, -0.05) is 25.1 Å². The average Bonchev–Trinajstić information content (AvgIpc) is 2.85. The molecule has 0 aliphatic carbocycles. The lowest BCUT2D eigenvalue weighted by Gasteiger charge is -2.35. The Balaban J connectivity index is 1.45. The number of carbonyl (C=O) groups is 1. The first kappa shape index (κ1) is 23.6. The van der Waals surface area contributed by atoms with Crippen LogP contribution in [0.4, 0.5) is 11.5 Å². The zero-order valence-corrected chi connectivity index (χ0v) is 20.0. The number of nitrogens with one attached hydrogen (secondary N) is 2. The van der Waals surface area contributed by atoms with E-state index in [-0.39, 0.29) is 17.5 Å². The molecular formula is C25H32N8O. The number of carbonyl (C=O) groups excluding carboxylic acids is 1. The highest BCUT2D eigenvalue weighted by Gasteiger charge is 2.22. The second kappa shape index (κ2) is 11.0. The van der Waals surface area contributed by atoms with Gasteiger partial charge >= 0.3 is 0 Å². The molecule has 3 heterocycles. The summed E-state index contributed by atoms with van der Waals surface area (Å²) in [4.78, 5) is 26.8. The van der Waals surface area contributed by atoms with Crippen molar-refractivity contribution < 1.29 is 4.79 Å². The van der Waals surface area contributed by atoms with Crippen LogP contribution in [0.5, 0.6) is 0 Å². The minimum Gasteiger partial charge on any atom is -0.357 e. The van der Waals surface area contributed by atoms with Crippen LogP contribution in [-0.4, -0.2) is 70.8 Å². The van der Waals surface area contributed by atoms with Gasteiger partial charge in [-0.15, -0.1) is 10.2 Å². The normalized spacial score (nSPS) is 20.7. The lowest BCUT2D eigenvalue weighted by Crippen LogP contribution is -2.47. The highest BCUT2D eigenvalue weighted by Crippen LogP contribution is 2.20. The number of rotatable bonds is 3. The van der Waals surface area contributed by atoms with Crippen LogP contribution < -0.4 is 10.6 Å². The Bertz CT molecular complexity index is 1070. The first-order valence-corrected chi connectivity index (χ1v) is 11.7. The molecule has 1 fully saturated rings. The average molecular weight is 461 g/mol. The number of aliphatic imine (C=N–C) groups is 2. The molecule has 1 aromatic carbocycles. The van der Waals surface area contributed by atoms with Crippen molar-refractivity contribution in [3.05, 3.63) is 60.1 Å². The Hall–Kier alpha value is -3.59. The molecule has 1 atom stereocenters. The first-order chi connectivity index (χ1) is 16.5. The second-order valence-corrected chi connectivity index (χ2v) is 8.65. The van der Waals surface area contributed by atoms with E-state index in [0.717, 1.165) is 50.7 Å². The van der Waals surface area contributed by atoms with Crippen LogP contribution in [-0.2, 0) is 0 Å². The molecule has 0 radical (unpaired) electrons. The van der Waals surface area contributed by atoms with Crippen LogP contribution in [0.3, 0.4) is 0 Å². The number of piperazine rings is 1. The van der Waals surface area contributed by atoms with E-state index in [4.69, 9.17) is 9.98 Å². The number of amides is 1. The number of allylic oxidation sites excluding steroid dienone is 1. The lowest BCUT2D eigenvalue weighted by molar-refractivity contribution is 0.102. The van der Waals surface area contributed by atoms with Crippen LogP contribution in [0.15, 0.2) is 64.3 Å². The topological polar surface area (TPSA) is 98.1 Å². The van der Waals surface area contributed by atoms with Gasteiger partial charge in [0.1, 0.15) is 11.7 Å². The predicted molar refractivity (Wildman–Crippen MR) is 136 cm³/mol. The van der Waals surface area contributed by atoms with E-state index in [1.165, 1.54) is 0 Å². The van der Waals surface area contributed by atoms with E-state index in [9.17, 15) is 4.79 Å². The van der Waals surface area contributed by atoms with Gasteiger partial charge in [0.05, 0.1) is 0 Å². The number of hydrogen-bond donors (Lipinski definition) is 2. The summed E-state index contributed by atoms with van der Waals surface area (Å²) in [6.07, 6.45) is 3.75. The third kappa shape index (κ3) is 6.05. The van der Waals surface area contributed by atoms with Crippen molar-refractivity contribution >= 4 is 29.1 Å². The molecule has 0 spiro atoms. The van der Waals surface area contributed by atoms with E-state index in [2.05, 4.69) is 44.6 Å².